The minimum Gasteiger partial charge on any atom is -0.443 e. The fourth-order valence-corrected chi connectivity index (χ4v) is 1.15. The molecule has 0 aromatic heterocycles. The molecule has 5 nitrogen and oxygen atoms in total. The van der Waals surface area contributed by atoms with Gasteiger partial charge < -0.3 is 4.74 Å². The van der Waals surface area contributed by atoms with E-state index in [9.17, 15) is 18.4 Å². The van der Waals surface area contributed by atoms with Gasteiger partial charge in [0, 0.05) is 5.69 Å². The smallest absolute Gasteiger partial charge is 0.411 e. The Morgan fingerprint density at radius 2 is 2.28 bits per heavy atom. The molecular formula is C11H10F2N2O3. The standard InChI is InChI=1S/C11H10F2N2O3/c1-7-2-3-8(4-9(7)14-6-16)15-11(17)18-5-10(12)13/h2-4,10H,5H2,1H3,(H,15,17). The molecule has 0 aliphatic rings. The third-order valence-corrected chi connectivity index (χ3v) is 1.96. The number of nitrogens with one attached hydrogen (secondary N) is 1. The number of carbonyl (C=O) groups excluding carboxylic acids is 2. The van der Waals surface area contributed by atoms with E-state index in [0.717, 1.165) is 0 Å². The van der Waals surface area contributed by atoms with Crippen LogP contribution in [0.25, 0.3) is 0 Å². The van der Waals surface area contributed by atoms with Crippen LogP contribution in [0.2, 0.25) is 0 Å². The molecule has 0 aliphatic carbocycles. The molecule has 0 radical (unpaired) electrons. The van der Waals surface area contributed by atoms with Gasteiger partial charge in [-0.1, -0.05) is 6.07 Å². The van der Waals surface area contributed by atoms with Gasteiger partial charge in [-0.05, 0) is 24.6 Å². The Bertz CT molecular complexity index is 485. The van der Waals surface area contributed by atoms with Crippen molar-refractivity contribution in [3.05, 3.63) is 23.8 Å². The van der Waals surface area contributed by atoms with Gasteiger partial charge in [-0.3, -0.25) is 5.32 Å². The first-order valence-corrected chi connectivity index (χ1v) is 4.93. The van der Waals surface area contributed by atoms with E-state index in [1.54, 1.807) is 13.0 Å². The highest BCUT2D eigenvalue weighted by Gasteiger charge is 2.09. The SMILES string of the molecule is Cc1ccc(NC(=O)OCC(F)F)cc1N=C=O. The molecule has 7 heteroatoms. The van der Waals surface area contributed by atoms with Crippen LogP contribution in [0.4, 0.5) is 25.0 Å². The maximum atomic E-state index is 11.8. The molecule has 0 saturated heterocycles. The van der Waals surface area contributed by atoms with Gasteiger partial charge in [-0.25, -0.2) is 18.4 Å². The van der Waals surface area contributed by atoms with Gasteiger partial charge in [-0.2, -0.15) is 4.99 Å². The van der Waals surface area contributed by atoms with Crippen LogP contribution < -0.4 is 5.32 Å². The van der Waals surface area contributed by atoms with Crippen LogP contribution >= 0.6 is 0 Å². The first-order valence-electron chi connectivity index (χ1n) is 4.93. The number of aryl methyl sites for hydroxylation is 1. The van der Waals surface area contributed by atoms with Crippen molar-refractivity contribution in [1.29, 1.82) is 0 Å². The second kappa shape index (κ2) is 6.46. The lowest BCUT2D eigenvalue weighted by atomic mass is 10.2. The van der Waals surface area contributed by atoms with E-state index in [1.807, 2.05) is 0 Å². The largest absolute Gasteiger partial charge is 0.443 e. The number of alkyl halides is 2. The summed E-state index contributed by atoms with van der Waals surface area (Å²) < 4.78 is 27.8. The quantitative estimate of drug-likeness (QED) is 0.665. The van der Waals surface area contributed by atoms with Crippen LogP contribution in [0.1, 0.15) is 5.56 Å². The van der Waals surface area contributed by atoms with Gasteiger partial charge in [0.2, 0.25) is 6.08 Å². The summed E-state index contributed by atoms with van der Waals surface area (Å²) in [5.74, 6) is 0. The maximum Gasteiger partial charge on any atom is 0.411 e. The molecule has 0 atom stereocenters. The van der Waals surface area contributed by atoms with Gasteiger partial charge in [-0.15, -0.1) is 0 Å². The van der Waals surface area contributed by atoms with E-state index < -0.39 is 19.1 Å². The van der Waals surface area contributed by atoms with E-state index in [4.69, 9.17) is 0 Å². The number of nitrogens with zero attached hydrogens (tertiary/aromatic N) is 1. The molecule has 0 spiro atoms. The summed E-state index contributed by atoms with van der Waals surface area (Å²) in [5, 5.41) is 2.24. The van der Waals surface area contributed by atoms with Gasteiger partial charge in [0.1, 0.15) is 0 Å². The van der Waals surface area contributed by atoms with Crippen LogP contribution in [0.3, 0.4) is 0 Å². The van der Waals surface area contributed by atoms with Crippen LogP contribution in [-0.2, 0) is 9.53 Å². The van der Waals surface area contributed by atoms with Crippen molar-refractivity contribution < 1.29 is 23.1 Å². The lowest BCUT2D eigenvalue weighted by Gasteiger charge is -2.07. The Morgan fingerprint density at radius 3 is 2.89 bits per heavy atom. The molecule has 0 aliphatic heterocycles. The summed E-state index contributed by atoms with van der Waals surface area (Å²) in [6, 6.07) is 4.55. The zero-order valence-electron chi connectivity index (χ0n) is 9.44. The van der Waals surface area contributed by atoms with Gasteiger partial charge >= 0.3 is 6.09 Å². The second-order valence-corrected chi connectivity index (χ2v) is 3.32. The van der Waals surface area contributed by atoms with E-state index in [1.165, 1.54) is 18.2 Å². The summed E-state index contributed by atoms with van der Waals surface area (Å²) >= 11 is 0. The van der Waals surface area contributed by atoms with Gasteiger partial charge in [0.05, 0.1) is 5.69 Å². The van der Waals surface area contributed by atoms with Crippen LogP contribution in [0.15, 0.2) is 23.2 Å². The Hall–Kier alpha value is -2.27. The molecule has 1 aromatic carbocycles. The second-order valence-electron chi connectivity index (χ2n) is 3.32. The normalized spacial score (nSPS) is 9.78. The Labute approximate surface area is 101 Å². The minimum absolute atomic E-state index is 0.286. The topological polar surface area (TPSA) is 67.8 Å². The number of hydrogen-bond acceptors (Lipinski definition) is 4. The summed E-state index contributed by atoms with van der Waals surface area (Å²) in [5.41, 5.74) is 1.33. The van der Waals surface area contributed by atoms with Crippen molar-refractivity contribution in [2.24, 2.45) is 4.99 Å². The molecule has 18 heavy (non-hydrogen) atoms. The highest BCUT2D eigenvalue weighted by molar-refractivity contribution is 5.85. The number of carbonyl (C=O) groups is 1. The lowest BCUT2D eigenvalue weighted by Crippen LogP contribution is -2.17. The van der Waals surface area contributed by atoms with Crippen molar-refractivity contribution in [1.82, 2.24) is 0 Å². The van der Waals surface area contributed by atoms with Crippen LogP contribution in [0.5, 0.6) is 0 Å². The first-order chi connectivity index (χ1) is 8.52. The molecule has 96 valence electrons. The van der Waals surface area contributed by atoms with Crippen molar-refractivity contribution in [2.75, 3.05) is 11.9 Å². The molecule has 0 bridgehead atoms. The summed E-state index contributed by atoms with van der Waals surface area (Å²) in [7, 11) is 0. The van der Waals surface area contributed by atoms with Crippen molar-refractivity contribution in [3.8, 4) is 0 Å². The predicted octanol–water partition coefficient (Wildman–Crippen LogP) is 2.78. The number of hydrogen-bond donors (Lipinski definition) is 1. The fraction of sp³-hybridized carbons (Fsp3) is 0.273. The predicted molar refractivity (Wildman–Crippen MR) is 59.9 cm³/mol. The number of ether oxygens (including phenoxy) is 1. The molecule has 0 fully saturated rings. The monoisotopic (exact) mass is 256 g/mol. The average molecular weight is 256 g/mol. The minimum atomic E-state index is -2.72. The summed E-state index contributed by atoms with van der Waals surface area (Å²) in [6.45, 7) is 0.742. The Balaban J connectivity index is 2.70. The molecule has 0 heterocycles. The zero-order valence-corrected chi connectivity index (χ0v) is 9.44. The molecular weight excluding hydrogens is 246 g/mol. The Kier molecular flexibility index (Phi) is 4.95. The summed E-state index contributed by atoms with van der Waals surface area (Å²) in [4.78, 5) is 24.7. The Morgan fingerprint density at radius 1 is 1.56 bits per heavy atom. The molecule has 0 unspecified atom stereocenters. The molecule has 1 amide bonds. The van der Waals surface area contributed by atoms with Crippen molar-refractivity contribution in [3.63, 3.8) is 0 Å². The third-order valence-electron chi connectivity index (χ3n) is 1.96. The van der Waals surface area contributed by atoms with E-state index in [0.29, 0.717) is 11.3 Å². The van der Waals surface area contributed by atoms with E-state index >= 15 is 0 Å². The highest BCUT2D eigenvalue weighted by atomic mass is 19.3. The average Bonchev–Trinajstić information content (AvgIpc) is 2.31. The first kappa shape index (κ1) is 13.8. The molecule has 1 rings (SSSR count). The number of rotatable bonds is 4. The number of anilines is 1. The fourth-order valence-electron chi connectivity index (χ4n) is 1.15. The third kappa shape index (κ3) is 4.31. The van der Waals surface area contributed by atoms with E-state index in [2.05, 4.69) is 15.0 Å². The van der Waals surface area contributed by atoms with Crippen LogP contribution in [-0.4, -0.2) is 25.2 Å². The summed E-state index contributed by atoms with van der Waals surface area (Å²) in [6.07, 6.45) is -2.34. The highest BCUT2D eigenvalue weighted by Crippen LogP contribution is 2.22. The molecule has 0 saturated carbocycles. The van der Waals surface area contributed by atoms with E-state index in [-0.39, 0.29) is 5.69 Å². The van der Waals surface area contributed by atoms with Crippen molar-refractivity contribution >= 4 is 23.5 Å². The van der Waals surface area contributed by atoms with Crippen molar-refractivity contribution in [2.45, 2.75) is 13.3 Å². The number of benzene rings is 1. The van der Waals surface area contributed by atoms with Crippen LogP contribution in [0, 0.1) is 6.92 Å². The lowest BCUT2D eigenvalue weighted by molar-refractivity contribution is 0.0548. The zero-order chi connectivity index (χ0) is 13.5. The number of amides is 1. The number of halogens is 2. The number of aliphatic imine (C=N–C) groups is 1. The molecule has 1 N–H and O–H groups in total. The maximum absolute atomic E-state index is 11.8. The number of isocyanates is 1. The molecule has 1 aromatic rings. The van der Waals surface area contributed by atoms with Gasteiger partial charge in [0.15, 0.2) is 6.61 Å². The van der Waals surface area contributed by atoms with Gasteiger partial charge in [0.25, 0.3) is 6.43 Å².